The number of hydrogen-bond acceptors (Lipinski definition) is 3. The number of halogens is 1. The van der Waals surface area contributed by atoms with Crippen molar-refractivity contribution in [3.8, 4) is 5.75 Å². The third-order valence-corrected chi connectivity index (χ3v) is 3.92. The third kappa shape index (κ3) is 1.96. The van der Waals surface area contributed by atoms with Crippen molar-refractivity contribution in [3.05, 3.63) is 23.3 Å². The Labute approximate surface area is 93.4 Å². The molecule has 0 amide bonds. The van der Waals surface area contributed by atoms with Crippen LogP contribution in [0.25, 0.3) is 0 Å². The zero-order valence-corrected chi connectivity index (χ0v) is 10.0. The number of rotatable bonds is 1. The molecule has 0 fully saturated rings. The maximum absolute atomic E-state index is 11.2. The molecule has 0 aromatic heterocycles. The Balaban J connectivity index is 2.59. The Morgan fingerprint density at radius 2 is 2.13 bits per heavy atom. The molecule has 1 heterocycles. The summed E-state index contributed by atoms with van der Waals surface area (Å²) in [6.45, 7) is 3.68. The van der Waals surface area contributed by atoms with Crippen LogP contribution in [0.4, 0.5) is 0 Å². The van der Waals surface area contributed by atoms with E-state index in [9.17, 15) is 8.42 Å². The van der Waals surface area contributed by atoms with E-state index in [4.69, 9.17) is 15.4 Å². The molecular weight excluding hydrogens is 236 g/mol. The molecule has 1 aliphatic rings. The van der Waals surface area contributed by atoms with Crippen molar-refractivity contribution < 1.29 is 13.2 Å². The molecule has 15 heavy (non-hydrogen) atoms. The normalized spacial score (nSPS) is 19.8. The summed E-state index contributed by atoms with van der Waals surface area (Å²) in [5.41, 5.74) is 1.71. The first kappa shape index (κ1) is 10.8. The first-order valence-electron chi connectivity index (χ1n) is 4.63. The van der Waals surface area contributed by atoms with E-state index in [2.05, 4.69) is 0 Å². The van der Waals surface area contributed by atoms with E-state index in [0.717, 1.165) is 12.0 Å². The van der Waals surface area contributed by atoms with Crippen LogP contribution < -0.4 is 4.74 Å². The first-order chi connectivity index (χ1) is 6.88. The van der Waals surface area contributed by atoms with Crippen molar-refractivity contribution in [1.29, 1.82) is 0 Å². The highest BCUT2D eigenvalue weighted by Gasteiger charge is 2.23. The molecule has 1 atom stereocenters. The topological polar surface area (TPSA) is 43.4 Å². The smallest absolute Gasteiger partial charge is 0.261 e. The number of hydrogen-bond donors (Lipinski definition) is 0. The van der Waals surface area contributed by atoms with Gasteiger partial charge in [0, 0.05) is 23.2 Å². The summed E-state index contributed by atoms with van der Waals surface area (Å²) < 4.78 is 28.0. The summed E-state index contributed by atoms with van der Waals surface area (Å²) in [6, 6.07) is 3.34. The highest BCUT2D eigenvalue weighted by Crippen LogP contribution is 2.34. The van der Waals surface area contributed by atoms with Gasteiger partial charge in [-0.25, -0.2) is 8.42 Å². The minimum Gasteiger partial charge on any atom is -0.490 e. The SMILES string of the molecule is Cc1cc2c(cc1S(=O)(=O)Cl)OC(C)C2. The second-order valence-electron chi connectivity index (χ2n) is 3.80. The fourth-order valence-corrected chi connectivity index (χ4v) is 3.02. The third-order valence-electron chi connectivity index (χ3n) is 2.46. The summed E-state index contributed by atoms with van der Waals surface area (Å²) in [6.07, 6.45) is 0.923. The number of fused-ring (bicyclic) bond motifs is 1. The molecule has 3 nitrogen and oxygen atoms in total. The largest absolute Gasteiger partial charge is 0.490 e. The van der Waals surface area contributed by atoms with Gasteiger partial charge in [0.2, 0.25) is 0 Å². The van der Waals surface area contributed by atoms with Crippen LogP contribution in [-0.4, -0.2) is 14.5 Å². The number of ether oxygens (including phenoxy) is 1. The zero-order chi connectivity index (χ0) is 11.2. The average molecular weight is 247 g/mol. The maximum atomic E-state index is 11.2. The number of benzene rings is 1. The lowest BCUT2D eigenvalue weighted by Gasteiger charge is -2.06. The van der Waals surface area contributed by atoms with Gasteiger partial charge in [-0.1, -0.05) is 6.07 Å². The summed E-state index contributed by atoms with van der Waals surface area (Å²) in [5.74, 6) is 0.632. The molecule has 2 rings (SSSR count). The van der Waals surface area contributed by atoms with Crippen LogP contribution in [-0.2, 0) is 15.5 Å². The predicted octanol–water partition coefficient (Wildman–Crippen LogP) is 2.25. The molecule has 0 spiro atoms. The Morgan fingerprint density at radius 3 is 2.73 bits per heavy atom. The van der Waals surface area contributed by atoms with E-state index in [1.165, 1.54) is 6.07 Å². The monoisotopic (exact) mass is 246 g/mol. The molecule has 0 bridgehead atoms. The van der Waals surface area contributed by atoms with Crippen molar-refractivity contribution in [2.75, 3.05) is 0 Å². The first-order valence-corrected chi connectivity index (χ1v) is 6.93. The van der Waals surface area contributed by atoms with Crippen LogP contribution in [0.3, 0.4) is 0 Å². The molecule has 82 valence electrons. The van der Waals surface area contributed by atoms with Gasteiger partial charge in [0.1, 0.15) is 11.9 Å². The van der Waals surface area contributed by atoms with Gasteiger partial charge in [0.15, 0.2) is 0 Å². The Hall–Kier alpha value is -0.740. The average Bonchev–Trinajstić information content (AvgIpc) is 2.40. The number of aryl methyl sites for hydroxylation is 1. The van der Waals surface area contributed by atoms with E-state index in [-0.39, 0.29) is 11.0 Å². The fourth-order valence-electron chi connectivity index (χ4n) is 1.83. The quantitative estimate of drug-likeness (QED) is 0.714. The lowest BCUT2D eigenvalue weighted by molar-refractivity contribution is 0.254. The lowest BCUT2D eigenvalue weighted by atomic mass is 10.1. The van der Waals surface area contributed by atoms with Crippen LogP contribution in [0.5, 0.6) is 5.75 Å². The van der Waals surface area contributed by atoms with Gasteiger partial charge in [-0.05, 0) is 25.0 Å². The van der Waals surface area contributed by atoms with Crippen molar-refractivity contribution in [2.24, 2.45) is 0 Å². The van der Waals surface area contributed by atoms with Crippen LogP contribution in [0.2, 0.25) is 0 Å². The second-order valence-corrected chi connectivity index (χ2v) is 6.33. The molecule has 1 unspecified atom stereocenters. The van der Waals surface area contributed by atoms with Crippen molar-refractivity contribution in [3.63, 3.8) is 0 Å². The molecular formula is C10H11ClO3S. The van der Waals surface area contributed by atoms with Gasteiger partial charge in [-0.2, -0.15) is 0 Å². The molecule has 0 aliphatic carbocycles. The Kier molecular flexibility index (Phi) is 2.43. The van der Waals surface area contributed by atoms with E-state index in [1.807, 2.05) is 13.0 Å². The van der Waals surface area contributed by atoms with Crippen molar-refractivity contribution >= 4 is 19.7 Å². The van der Waals surface area contributed by atoms with Crippen LogP contribution in [0, 0.1) is 6.92 Å². The molecule has 1 aliphatic heterocycles. The van der Waals surface area contributed by atoms with Gasteiger partial charge < -0.3 is 4.74 Å². The predicted molar refractivity (Wildman–Crippen MR) is 58.0 cm³/mol. The lowest BCUT2D eigenvalue weighted by Crippen LogP contribution is -2.05. The Morgan fingerprint density at radius 1 is 1.47 bits per heavy atom. The van der Waals surface area contributed by atoms with Gasteiger partial charge in [-0.15, -0.1) is 0 Å². The summed E-state index contributed by atoms with van der Waals surface area (Å²) >= 11 is 0. The van der Waals surface area contributed by atoms with E-state index < -0.39 is 9.05 Å². The van der Waals surface area contributed by atoms with Crippen LogP contribution in [0.1, 0.15) is 18.1 Å². The zero-order valence-electron chi connectivity index (χ0n) is 8.45. The minimum atomic E-state index is -3.68. The fraction of sp³-hybridized carbons (Fsp3) is 0.400. The maximum Gasteiger partial charge on any atom is 0.261 e. The summed E-state index contributed by atoms with van der Waals surface area (Å²) in [7, 11) is 1.64. The van der Waals surface area contributed by atoms with Gasteiger partial charge in [0.25, 0.3) is 9.05 Å². The molecule has 0 saturated carbocycles. The van der Waals surface area contributed by atoms with E-state index in [0.29, 0.717) is 11.3 Å². The molecule has 0 radical (unpaired) electrons. The molecule has 1 aromatic rings. The molecule has 0 saturated heterocycles. The van der Waals surface area contributed by atoms with Gasteiger partial charge >= 0.3 is 0 Å². The van der Waals surface area contributed by atoms with Crippen molar-refractivity contribution in [1.82, 2.24) is 0 Å². The molecule has 1 aromatic carbocycles. The standard InChI is InChI=1S/C10H11ClO3S/c1-6-3-8-4-7(2)14-9(8)5-10(6)15(11,12)13/h3,5,7H,4H2,1-2H3. The summed E-state index contributed by atoms with van der Waals surface area (Å²) in [4.78, 5) is 0.136. The van der Waals surface area contributed by atoms with Gasteiger partial charge in [0.05, 0.1) is 4.90 Å². The van der Waals surface area contributed by atoms with Crippen molar-refractivity contribution in [2.45, 2.75) is 31.3 Å². The minimum absolute atomic E-state index is 0.104. The van der Waals surface area contributed by atoms with Gasteiger partial charge in [-0.3, -0.25) is 0 Å². The highest BCUT2D eigenvalue weighted by atomic mass is 35.7. The second kappa shape index (κ2) is 3.39. The Bertz CT molecular complexity index is 508. The van der Waals surface area contributed by atoms with Crippen LogP contribution in [0.15, 0.2) is 17.0 Å². The van der Waals surface area contributed by atoms with E-state index >= 15 is 0 Å². The summed E-state index contributed by atoms with van der Waals surface area (Å²) in [5, 5.41) is 0. The molecule has 0 N–H and O–H groups in total. The molecule has 5 heteroatoms. The van der Waals surface area contributed by atoms with E-state index in [1.54, 1.807) is 6.92 Å². The van der Waals surface area contributed by atoms with Crippen LogP contribution >= 0.6 is 10.7 Å². The highest BCUT2D eigenvalue weighted by molar-refractivity contribution is 8.13.